The molecule has 1 atom stereocenters. The van der Waals surface area contributed by atoms with Crippen molar-refractivity contribution in [3.8, 4) is 0 Å². The molecule has 1 saturated heterocycles. The van der Waals surface area contributed by atoms with Crippen LogP contribution in [0.1, 0.15) is 70.9 Å². The predicted molar refractivity (Wildman–Crippen MR) is 129 cm³/mol. The summed E-state index contributed by atoms with van der Waals surface area (Å²) in [5, 5.41) is 0. The molecule has 1 aromatic carbocycles. The highest BCUT2D eigenvalue weighted by Crippen LogP contribution is 2.29. The first-order valence-corrected chi connectivity index (χ1v) is 12.3. The molecule has 0 bridgehead atoms. The molecule has 34 heavy (non-hydrogen) atoms. The number of aromatic nitrogens is 2. The number of aryl methyl sites for hydroxylation is 2. The van der Waals surface area contributed by atoms with Crippen LogP contribution in [-0.4, -0.2) is 50.4 Å². The van der Waals surface area contributed by atoms with Gasteiger partial charge < -0.3 is 9.64 Å². The van der Waals surface area contributed by atoms with E-state index in [4.69, 9.17) is 4.74 Å². The van der Waals surface area contributed by atoms with Gasteiger partial charge in [-0.2, -0.15) is 0 Å². The number of benzene rings is 1. The first-order chi connectivity index (χ1) is 16.0. The van der Waals surface area contributed by atoms with E-state index in [2.05, 4.69) is 0 Å². The number of fused-ring (bicyclic) bond motifs is 1. The Bertz CT molecular complexity index is 1160. The molecule has 2 aliphatic rings. The highest BCUT2D eigenvalue weighted by molar-refractivity contribution is 6.03. The van der Waals surface area contributed by atoms with E-state index < -0.39 is 11.6 Å². The Labute approximate surface area is 199 Å². The minimum Gasteiger partial charge on any atom is -0.444 e. The molecule has 0 radical (unpaired) electrons. The number of imidazole rings is 1. The lowest BCUT2D eigenvalue weighted by Crippen LogP contribution is -2.41. The van der Waals surface area contributed by atoms with Crippen LogP contribution < -0.4 is 5.69 Å². The zero-order chi connectivity index (χ0) is 24.6. The maximum absolute atomic E-state index is 13.1. The van der Waals surface area contributed by atoms with Crippen molar-refractivity contribution >= 4 is 28.7 Å². The van der Waals surface area contributed by atoms with Gasteiger partial charge in [0.05, 0.1) is 23.5 Å². The van der Waals surface area contributed by atoms with Crippen LogP contribution in [0, 0.1) is 5.92 Å². The van der Waals surface area contributed by atoms with Crippen molar-refractivity contribution in [3.05, 3.63) is 34.2 Å². The molecule has 1 saturated carbocycles. The number of amides is 1. The van der Waals surface area contributed by atoms with Crippen molar-refractivity contribution in [1.82, 2.24) is 14.0 Å². The molecule has 2 aromatic rings. The number of rotatable bonds is 4. The van der Waals surface area contributed by atoms with Gasteiger partial charge in [-0.1, -0.05) is 12.1 Å². The van der Waals surface area contributed by atoms with Gasteiger partial charge in [-0.25, -0.2) is 9.59 Å². The minimum absolute atomic E-state index is 0.0482. The number of carbonyl (C=O) groups excluding carboxylic acids is 3. The van der Waals surface area contributed by atoms with Gasteiger partial charge in [-0.05, 0) is 70.4 Å². The summed E-state index contributed by atoms with van der Waals surface area (Å²) in [5.41, 5.74) is 2.02. The molecule has 1 aliphatic heterocycles. The molecule has 8 nitrogen and oxygen atoms in total. The van der Waals surface area contributed by atoms with Crippen molar-refractivity contribution in [2.24, 2.45) is 13.0 Å². The SMILES string of the molecule is Cn1c(=O)n(C2CCC(=O)CC2=O)c2cccc(CCC3CCN(C(=O)OC(C)(C)C)CC3)c21. The number of hydrogen-bond donors (Lipinski definition) is 0. The van der Waals surface area contributed by atoms with Gasteiger partial charge in [0.25, 0.3) is 0 Å². The zero-order valence-electron chi connectivity index (χ0n) is 20.6. The number of likely N-dealkylation sites (tertiary alicyclic amines) is 1. The lowest BCUT2D eigenvalue weighted by atomic mass is 9.90. The summed E-state index contributed by atoms with van der Waals surface area (Å²) in [5.74, 6) is 0.278. The third-order valence-corrected chi connectivity index (χ3v) is 7.03. The molecule has 2 heterocycles. The van der Waals surface area contributed by atoms with E-state index in [9.17, 15) is 19.2 Å². The first-order valence-electron chi connectivity index (χ1n) is 12.3. The zero-order valence-corrected chi connectivity index (χ0v) is 20.6. The fourth-order valence-corrected chi connectivity index (χ4v) is 5.25. The van der Waals surface area contributed by atoms with Crippen LogP contribution in [0.5, 0.6) is 0 Å². The summed E-state index contributed by atoms with van der Waals surface area (Å²) >= 11 is 0. The van der Waals surface area contributed by atoms with Crippen molar-refractivity contribution in [3.63, 3.8) is 0 Å². The Kier molecular flexibility index (Phi) is 6.69. The lowest BCUT2D eigenvalue weighted by Gasteiger charge is -2.33. The standard InChI is InChI=1S/C26H35N3O5/c1-26(2,3)34-25(33)28-14-12-17(13-15-28)8-9-18-6-5-7-21-23(18)27(4)24(32)29(21)20-11-10-19(30)16-22(20)31/h5-7,17,20H,8-16H2,1-4H3. The molecular formula is C26H35N3O5. The summed E-state index contributed by atoms with van der Waals surface area (Å²) in [6.07, 6.45) is 4.04. The van der Waals surface area contributed by atoms with E-state index in [1.807, 2.05) is 39.0 Å². The van der Waals surface area contributed by atoms with E-state index >= 15 is 0 Å². The van der Waals surface area contributed by atoms with Gasteiger partial charge in [0.1, 0.15) is 11.4 Å². The van der Waals surface area contributed by atoms with E-state index in [-0.39, 0.29) is 29.8 Å². The molecule has 1 unspecified atom stereocenters. The molecule has 4 rings (SSSR count). The summed E-state index contributed by atoms with van der Waals surface area (Å²) in [6, 6.07) is 5.32. The van der Waals surface area contributed by atoms with Crippen LogP contribution in [0.25, 0.3) is 11.0 Å². The fraction of sp³-hybridized carbons (Fsp3) is 0.615. The first kappa shape index (κ1) is 24.2. The van der Waals surface area contributed by atoms with E-state index in [0.29, 0.717) is 31.8 Å². The summed E-state index contributed by atoms with van der Waals surface area (Å²) in [7, 11) is 1.75. The molecule has 184 valence electrons. The number of piperidine rings is 1. The van der Waals surface area contributed by atoms with Gasteiger partial charge in [-0.15, -0.1) is 0 Å². The fourth-order valence-electron chi connectivity index (χ4n) is 5.25. The Balaban J connectivity index is 1.46. The monoisotopic (exact) mass is 469 g/mol. The minimum atomic E-state index is -0.568. The van der Waals surface area contributed by atoms with Gasteiger partial charge >= 0.3 is 11.8 Å². The highest BCUT2D eigenvalue weighted by Gasteiger charge is 2.32. The predicted octanol–water partition coefficient (Wildman–Crippen LogP) is 3.78. The topological polar surface area (TPSA) is 90.6 Å². The largest absolute Gasteiger partial charge is 0.444 e. The van der Waals surface area contributed by atoms with Crippen molar-refractivity contribution in [2.45, 2.75) is 77.4 Å². The lowest BCUT2D eigenvalue weighted by molar-refractivity contribution is -0.132. The van der Waals surface area contributed by atoms with Crippen molar-refractivity contribution in [1.29, 1.82) is 0 Å². The average molecular weight is 470 g/mol. The Morgan fingerprint density at radius 2 is 1.79 bits per heavy atom. The second kappa shape index (κ2) is 9.39. The van der Waals surface area contributed by atoms with Crippen LogP contribution in [0.4, 0.5) is 4.79 Å². The van der Waals surface area contributed by atoms with Crippen LogP contribution in [0.2, 0.25) is 0 Å². The second-order valence-electron chi connectivity index (χ2n) is 10.7. The number of para-hydroxylation sites is 1. The number of hydrogen-bond acceptors (Lipinski definition) is 5. The van der Waals surface area contributed by atoms with Crippen molar-refractivity contribution in [2.75, 3.05) is 13.1 Å². The van der Waals surface area contributed by atoms with Crippen LogP contribution in [-0.2, 0) is 27.8 Å². The smallest absolute Gasteiger partial charge is 0.410 e. The number of Topliss-reactive ketones (excluding diaryl/α,β-unsaturated/α-hetero) is 2. The molecule has 2 fully saturated rings. The quantitative estimate of drug-likeness (QED) is 0.636. The third kappa shape index (κ3) is 4.95. The normalized spacial score (nSPS) is 20.2. The van der Waals surface area contributed by atoms with Crippen LogP contribution in [0.15, 0.2) is 23.0 Å². The molecular weight excluding hydrogens is 434 g/mol. The summed E-state index contributed by atoms with van der Waals surface area (Å²) < 4.78 is 8.72. The van der Waals surface area contributed by atoms with Gasteiger partial charge in [0, 0.05) is 26.6 Å². The average Bonchev–Trinajstić information content (AvgIpc) is 3.02. The Hall–Kier alpha value is -2.90. The number of ketones is 2. The Morgan fingerprint density at radius 3 is 2.44 bits per heavy atom. The maximum Gasteiger partial charge on any atom is 0.410 e. The van der Waals surface area contributed by atoms with Crippen LogP contribution in [0.3, 0.4) is 0 Å². The molecule has 0 spiro atoms. The summed E-state index contributed by atoms with van der Waals surface area (Å²) in [6.45, 7) is 7.02. The highest BCUT2D eigenvalue weighted by atomic mass is 16.6. The number of carbonyl (C=O) groups is 3. The van der Waals surface area contributed by atoms with Crippen molar-refractivity contribution < 1.29 is 19.1 Å². The molecule has 1 amide bonds. The Morgan fingerprint density at radius 1 is 1.09 bits per heavy atom. The van der Waals surface area contributed by atoms with E-state index in [1.54, 1.807) is 21.1 Å². The van der Waals surface area contributed by atoms with E-state index in [1.165, 1.54) is 0 Å². The van der Waals surface area contributed by atoms with Crippen LogP contribution >= 0.6 is 0 Å². The van der Waals surface area contributed by atoms with Gasteiger partial charge in [0.15, 0.2) is 5.78 Å². The number of nitrogens with zero attached hydrogens (tertiary/aromatic N) is 3. The molecule has 8 heteroatoms. The molecule has 1 aromatic heterocycles. The summed E-state index contributed by atoms with van der Waals surface area (Å²) in [4.78, 5) is 51.4. The maximum atomic E-state index is 13.1. The molecule has 0 N–H and O–H groups in total. The second-order valence-corrected chi connectivity index (χ2v) is 10.7. The molecule has 1 aliphatic carbocycles. The van der Waals surface area contributed by atoms with Gasteiger partial charge in [0.2, 0.25) is 0 Å². The van der Waals surface area contributed by atoms with E-state index in [0.717, 1.165) is 42.3 Å². The van der Waals surface area contributed by atoms with Gasteiger partial charge in [-0.3, -0.25) is 18.7 Å². The third-order valence-electron chi connectivity index (χ3n) is 7.03. The number of ether oxygens (including phenoxy) is 1.